The molecular formula is C14H21NO3. The number of aromatic nitrogens is 1. The van der Waals surface area contributed by atoms with Crippen molar-refractivity contribution in [2.75, 3.05) is 0 Å². The minimum absolute atomic E-state index is 0.0182. The van der Waals surface area contributed by atoms with Gasteiger partial charge in [0.25, 0.3) is 0 Å². The highest BCUT2D eigenvalue weighted by atomic mass is 16.5. The Kier molecular flexibility index (Phi) is 4.46. The van der Waals surface area contributed by atoms with E-state index in [-0.39, 0.29) is 11.9 Å². The lowest BCUT2D eigenvalue weighted by molar-refractivity contribution is 0.0442. The van der Waals surface area contributed by atoms with Crippen molar-refractivity contribution in [3.63, 3.8) is 0 Å². The monoisotopic (exact) mass is 251 g/mol. The Bertz CT molecular complexity index is 421. The molecule has 0 aliphatic heterocycles. The standard InChI is InChI=1S/C14H21NO3/c1-9(2)18-11-6-10(7-15-8-11)12(16)13(17)14(3,4)5/h6-9,13,17H,1-5H3. The lowest BCUT2D eigenvalue weighted by Crippen LogP contribution is -2.34. The second-order valence-electron chi connectivity index (χ2n) is 5.71. The second kappa shape index (κ2) is 5.48. The van der Waals surface area contributed by atoms with Crippen LogP contribution >= 0.6 is 0 Å². The molecule has 4 heteroatoms. The Morgan fingerprint density at radius 3 is 2.44 bits per heavy atom. The molecule has 1 aromatic heterocycles. The van der Waals surface area contributed by atoms with Crippen LogP contribution in [0.3, 0.4) is 0 Å². The molecule has 0 aliphatic rings. The summed E-state index contributed by atoms with van der Waals surface area (Å²) in [5.74, 6) is 0.209. The third kappa shape index (κ3) is 3.81. The molecule has 0 aliphatic carbocycles. The van der Waals surface area contributed by atoms with Crippen molar-refractivity contribution < 1.29 is 14.6 Å². The number of aliphatic hydroxyl groups excluding tert-OH is 1. The van der Waals surface area contributed by atoms with Gasteiger partial charge in [0.05, 0.1) is 12.3 Å². The zero-order valence-electron chi connectivity index (χ0n) is 11.6. The van der Waals surface area contributed by atoms with Crippen LogP contribution < -0.4 is 4.74 Å². The van der Waals surface area contributed by atoms with E-state index >= 15 is 0 Å². The topological polar surface area (TPSA) is 59.4 Å². The lowest BCUT2D eigenvalue weighted by atomic mass is 9.85. The fraction of sp³-hybridized carbons (Fsp3) is 0.571. The molecule has 0 fully saturated rings. The van der Waals surface area contributed by atoms with Crippen molar-refractivity contribution >= 4 is 5.78 Å². The summed E-state index contributed by atoms with van der Waals surface area (Å²) >= 11 is 0. The van der Waals surface area contributed by atoms with Gasteiger partial charge in [0.2, 0.25) is 0 Å². The first-order valence-electron chi connectivity index (χ1n) is 6.06. The third-order valence-electron chi connectivity index (χ3n) is 2.44. The highest BCUT2D eigenvalue weighted by Crippen LogP contribution is 2.23. The van der Waals surface area contributed by atoms with Crippen LogP contribution in [-0.4, -0.2) is 28.1 Å². The number of ketones is 1. The molecule has 0 amide bonds. The molecule has 18 heavy (non-hydrogen) atoms. The van der Waals surface area contributed by atoms with Crippen LogP contribution in [0, 0.1) is 5.41 Å². The molecule has 1 unspecified atom stereocenters. The average molecular weight is 251 g/mol. The van der Waals surface area contributed by atoms with E-state index in [1.807, 2.05) is 34.6 Å². The molecule has 0 spiro atoms. The number of rotatable bonds is 4. The number of aliphatic hydroxyl groups is 1. The fourth-order valence-electron chi connectivity index (χ4n) is 1.44. The molecule has 0 bridgehead atoms. The minimum Gasteiger partial charge on any atom is -0.489 e. The summed E-state index contributed by atoms with van der Waals surface area (Å²) in [6, 6.07) is 1.62. The third-order valence-corrected chi connectivity index (χ3v) is 2.44. The average Bonchev–Trinajstić information content (AvgIpc) is 2.25. The second-order valence-corrected chi connectivity index (χ2v) is 5.71. The molecule has 0 saturated carbocycles. The predicted octanol–water partition coefficient (Wildman–Crippen LogP) is 2.46. The summed E-state index contributed by atoms with van der Waals surface area (Å²) in [7, 11) is 0. The van der Waals surface area contributed by atoms with Crippen molar-refractivity contribution in [2.45, 2.75) is 46.8 Å². The van der Waals surface area contributed by atoms with Gasteiger partial charge < -0.3 is 9.84 Å². The van der Waals surface area contributed by atoms with E-state index in [1.54, 1.807) is 12.3 Å². The largest absolute Gasteiger partial charge is 0.489 e. The van der Waals surface area contributed by atoms with Gasteiger partial charge in [-0.15, -0.1) is 0 Å². The molecule has 1 heterocycles. The van der Waals surface area contributed by atoms with Crippen molar-refractivity contribution in [2.24, 2.45) is 5.41 Å². The van der Waals surface area contributed by atoms with Gasteiger partial charge in [0.1, 0.15) is 11.9 Å². The molecule has 100 valence electrons. The van der Waals surface area contributed by atoms with Crippen LogP contribution in [-0.2, 0) is 0 Å². The quantitative estimate of drug-likeness (QED) is 0.835. The number of carbonyl (C=O) groups is 1. The van der Waals surface area contributed by atoms with Crippen molar-refractivity contribution in [3.8, 4) is 5.75 Å². The SMILES string of the molecule is CC(C)Oc1cncc(C(=O)C(O)C(C)(C)C)c1. The summed E-state index contributed by atoms with van der Waals surface area (Å²) in [6.45, 7) is 9.25. The Morgan fingerprint density at radius 1 is 1.33 bits per heavy atom. The van der Waals surface area contributed by atoms with Gasteiger partial charge in [-0.25, -0.2) is 0 Å². The van der Waals surface area contributed by atoms with Gasteiger partial charge in [-0.3, -0.25) is 9.78 Å². The summed E-state index contributed by atoms with van der Waals surface area (Å²) < 4.78 is 5.47. The van der Waals surface area contributed by atoms with Gasteiger partial charge in [-0.2, -0.15) is 0 Å². The molecule has 1 atom stereocenters. The minimum atomic E-state index is -1.05. The Labute approximate surface area is 108 Å². The summed E-state index contributed by atoms with van der Waals surface area (Å²) in [5, 5.41) is 9.96. The summed E-state index contributed by atoms with van der Waals surface area (Å²) in [5.41, 5.74) is -0.123. The number of hydrogen-bond acceptors (Lipinski definition) is 4. The number of nitrogens with zero attached hydrogens (tertiary/aromatic N) is 1. The van der Waals surface area contributed by atoms with E-state index in [0.717, 1.165) is 0 Å². The maximum atomic E-state index is 12.1. The predicted molar refractivity (Wildman–Crippen MR) is 69.8 cm³/mol. The molecule has 0 aromatic carbocycles. The molecule has 4 nitrogen and oxygen atoms in total. The van der Waals surface area contributed by atoms with Crippen LogP contribution in [0.15, 0.2) is 18.5 Å². The summed E-state index contributed by atoms with van der Waals surface area (Å²) in [4.78, 5) is 16.1. The van der Waals surface area contributed by atoms with E-state index in [2.05, 4.69) is 4.98 Å². The normalized spacial score (nSPS) is 13.5. The highest BCUT2D eigenvalue weighted by Gasteiger charge is 2.30. The molecular weight excluding hydrogens is 230 g/mol. The number of hydrogen-bond donors (Lipinski definition) is 1. The van der Waals surface area contributed by atoms with Gasteiger partial charge in [-0.1, -0.05) is 20.8 Å². The zero-order valence-corrected chi connectivity index (χ0v) is 11.6. The van der Waals surface area contributed by atoms with Crippen molar-refractivity contribution in [1.29, 1.82) is 0 Å². The number of ether oxygens (including phenoxy) is 1. The number of Topliss-reactive ketones (excluding diaryl/α,β-unsaturated/α-hetero) is 1. The number of carbonyl (C=O) groups excluding carboxylic acids is 1. The van der Waals surface area contributed by atoms with Crippen LogP contribution in [0.1, 0.15) is 45.0 Å². The van der Waals surface area contributed by atoms with Crippen molar-refractivity contribution in [3.05, 3.63) is 24.0 Å². The first kappa shape index (κ1) is 14.6. The molecule has 1 aromatic rings. The van der Waals surface area contributed by atoms with Gasteiger partial charge in [0, 0.05) is 11.8 Å². The highest BCUT2D eigenvalue weighted by molar-refractivity contribution is 5.99. The van der Waals surface area contributed by atoms with Gasteiger partial charge in [-0.05, 0) is 25.3 Å². The fourth-order valence-corrected chi connectivity index (χ4v) is 1.44. The Balaban J connectivity index is 2.93. The molecule has 0 saturated heterocycles. The molecule has 1 rings (SSSR count). The Morgan fingerprint density at radius 2 is 1.94 bits per heavy atom. The van der Waals surface area contributed by atoms with Crippen molar-refractivity contribution in [1.82, 2.24) is 4.98 Å². The van der Waals surface area contributed by atoms with E-state index in [9.17, 15) is 9.90 Å². The number of pyridine rings is 1. The summed E-state index contributed by atoms with van der Waals surface area (Å²) in [6.07, 6.45) is 1.98. The van der Waals surface area contributed by atoms with E-state index < -0.39 is 11.5 Å². The maximum absolute atomic E-state index is 12.1. The molecule has 0 radical (unpaired) electrons. The van der Waals surface area contributed by atoms with Crippen LogP contribution in [0.5, 0.6) is 5.75 Å². The smallest absolute Gasteiger partial charge is 0.193 e. The van der Waals surface area contributed by atoms with E-state index in [1.165, 1.54) is 6.20 Å². The van der Waals surface area contributed by atoms with Crippen LogP contribution in [0.25, 0.3) is 0 Å². The first-order chi connectivity index (χ1) is 8.21. The zero-order chi connectivity index (χ0) is 13.9. The lowest BCUT2D eigenvalue weighted by Gasteiger charge is -2.24. The maximum Gasteiger partial charge on any atom is 0.193 e. The van der Waals surface area contributed by atoms with Gasteiger partial charge >= 0.3 is 0 Å². The van der Waals surface area contributed by atoms with E-state index in [4.69, 9.17) is 4.74 Å². The van der Waals surface area contributed by atoms with Crippen LogP contribution in [0.2, 0.25) is 0 Å². The molecule has 1 N–H and O–H groups in total. The van der Waals surface area contributed by atoms with Gasteiger partial charge in [0.15, 0.2) is 5.78 Å². The Hall–Kier alpha value is -1.42. The van der Waals surface area contributed by atoms with E-state index in [0.29, 0.717) is 11.3 Å². The first-order valence-corrected chi connectivity index (χ1v) is 6.06. The van der Waals surface area contributed by atoms with Crippen LogP contribution in [0.4, 0.5) is 0 Å².